The number of rotatable bonds is 2. The molecule has 0 amide bonds. The fourth-order valence-corrected chi connectivity index (χ4v) is 3.61. The van der Waals surface area contributed by atoms with Gasteiger partial charge in [0, 0.05) is 0 Å². The topological polar surface area (TPSA) is 12.0 Å². The van der Waals surface area contributed by atoms with Crippen LogP contribution in [0, 0.1) is 18.3 Å². The molecular formula is C24H39N. The highest BCUT2D eigenvalue weighted by atomic mass is 14.9. The molecule has 0 radical (unpaired) electrons. The van der Waals surface area contributed by atoms with Crippen LogP contribution in [-0.4, -0.2) is 13.1 Å². The zero-order valence-corrected chi connectivity index (χ0v) is 17.4. The summed E-state index contributed by atoms with van der Waals surface area (Å²) < 4.78 is 0. The van der Waals surface area contributed by atoms with E-state index >= 15 is 0 Å². The lowest BCUT2D eigenvalue weighted by Crippen LogP contribution is -2.29. The molecule has 1 aromatic carbocycles. The molecule has 2 fully saturated rings. The summed E-state index contributed by atoms with van der Waals surface area (Å²) in [7, 11) is 0. The molecule has 1 saturated carbocycles. The molecule has 1 heterocycles. The molecular weight excluding hydrogens is 302 g/mol. The van der Waals surface area contributed by atoms with Crippen LogP contribution in [0.5, 0.6) is 0 Å². The van der Waals surface area contributed by atoms with Gasteiger partial charge in [-0.1, -0.05) is 69.7 Å². The minimum atomic E-state index is 0.825. The van der Waals surface area contributed by atoms with Gasteiger partial charge in [-0.25, -0.2) is 0 Å². The molecule has 25 heavy (non-hydrogen) atoms. The number of nitrogens with one attached hydrogen (secondary N) is 1. The summed E-state index contributed by atoms with van der Waals surface area (Å²) in [6, 6.07) is 6.32. The van der Waals surface area contributed by atoms with E-state index in [1.54, 1.807) is 0 Å². The van der Waals surface area contributed by atoms with Gasteiger partial charge in [-0.15, -0.1) is 0 Å². The Kier molecular flexibility index (Phi) is 9.21. The van der Waals surface area contributed by atoms with Crippen molar-refractivity contribution in [1.82, 2.24) is 5.32 Å². The third-order valence-corrected chi connectivity index (χ3v) is 5.31. The first kappa shape index (κ1) is 21.7. The maximum Gasteiger partial charge on any atom is -0.00435 e. The molecule has 1 saturated heterocycles. The maximum absolute atomic E-state index is 3.98. The minimum Gasteiger partial charge on any atom is -0.317 e. The fourth-order valence-electron chi connectivity index (χ4n) is 3.61. The summed E-state index contributed by atoms with van der Waals surface area (Å²) in [6.07, 6.45) is 9.84. The van der Waals surface area contributed by atoms with E-state index < -0.39 is 0 Å². The molecule has 1 N–H and O–H groups in total. The number of aryl methyl sites for hydroxylation is 1. The van der Waals surface area contributed by atoms with Gasteiger partial charge < -0.3 is 5.32 Å². The Labute approximate surface area is 156 Å². The van der Waals surface area contributed by atoms with E-state index in [1.807, 2.05) is 13.8 Å². The van der Waals surface area contributed by atoms with E-state index in [2.05, 4.69) is 69.9 Å². The maximum atomic E-state index is 3.98. The Bertz CT molecular complexity index is 561. The zero-order valence-electron chi connectivity index (χ0n) is 17.4. The largest absolute Gasteiger partial charge is 0.317 e. The second-order valence-electron chi connectivity index (χ2n) is 7.74. The molecule has 1 nitrogen and oxygen atoms in total. The smallest absolute Gasteiger partial charge is 0.00435 e. The zero-order chi connectivity index (χ0) is 18.9. The highest BCUT2D eigenvalue weighted by molar-refractivity contribution is 5.73. The Morgan fingerprint density at radius 2 is 1.84 bits per heavy atom. The number of allylic oxidation sites excluding steroid dienone is 2. The van der Waals surface area contributed by atoms with Crippen LogP contribution < -0.4 is 5.32 Å². The molecule has 1 heteroatoms. The van der Waals surface area contributed by atoms with E-state index in [9.17, 15) is 0 Å². The fraction of sp³-hybridized carbons (Fsp3) is 0.583. The molecule has 2 aliphatic rings. The highest BCUT2D eigenvalue weighted by Crippen LogP contribution is 2.57. The molecule has 0 bridgehead atoms. The molecule has 1 atom stereocenters. The van der Waals surface area contributed by atoms with E-state index in [4.69, 9.17) is 0 Å². The van der Waals surface area contributed by atoms with Crippen molar-refractivity contribution in [3.63, 3.8) is 0 Å². The summed E-state index contributed by atoms with van der Waals surface area (Å²) in [6.45, 7) is 19.4. The van der Waals surface area contributed by atoms with Gasteiger partial charge >= 0.3 is 0 Å². The second kappa shape index (κ2) is 10.6. The summed E-state index contributed by atoms with van der Waals surface area (Å²) >= 11 is 0. The first-order valence-corrected chi connectivity index (χ1v) is 10.0. The van der Waals surface area contributed by atoms with Crippen molar-refractivity contribution in [2.24, 2.45) is 11.3 Å². The predicted molar refractivity (Wildman–Crippen MR) is 115 cm³/mol. The minimum absolute atomic E-state index is 0.825. The SMILES string of the molecule is C=C(C)c1cccc(C)c1/C=C\C.CC1CC12CCNCC2.CCC. The van der Waals surface area contributed by atoms with Gasteiger partial charge in [-0.2, -0.15) is 0 Å². The number of hydrogen-bond acceptors (Lipinski definition) is 1. The van der Waals surface area contributed by atoms with Gasteiger partial charge in [0.2, 0.25) is 0 Å². The molecule has 1 aromatic rings. The van der Waals surface area contributed by atoms with Gasteiger partial charge in [0.15, 0.2) is 0 Å². The molecule has 1 aliphatic heterocycles. The molecule has 140 valence electrons. The number of hydrogen-bond donors (Lipinski definition) is 1. The average molecular weight is 342 g/mol. The molecule has 1 aliphatic carbocycles. The summed E-state index contributed by atoms with van der Waals surface area (Å²) in [4.78, 5) is 0. The van der Waals surface area contributed by atoms with Crippen molar-refractivity contribution in [2.75, 3.05) is 13.1 Å². The third kappa shape index (κ3) is 6.47. The quantitative estimate of drug-likeness (QED) is 0.618. The van der Waals surface area contributed by atoms with Crippen molar-refractivity contribution in [2.45, 2.75) is 67.2 Å². The molecule has 1 spiro atoms. The Hall–Kier alpha value is -1.34. The standard InChI is InChI=1S/C13H16.C8H15N.C3H8/c1-5-7-13-11(4)8-6-9-12(13)10(2)3;1-7-6-8(7)2-4-9-5-3-8;1-3-2/h5-9H,2H2,1,3-4H3;7,9H,2-6H2,1H3;3H2,1-2H3/b7-5-;;. The van der Waals surface area contributed by atoms with Crippen LogP contribution in [-0.2, 0) is 0 Å². The molecule has 3 rings (SSSR count). The van der Waals surface area contributed by atoms with Crippen molar-refractivity contribution >= 4 is 11.6 Å². The van der Waals surface area contributed by atoms with Gasteiger partial charge in [0.25, 0.3) is 0 Å². The van der Waals surface area contributed by atoms with Gasteiger partial charge in [-0.3, -0.25) is 0 Å². The Morgan fingerprint density at radius 1 is 1.28 bits per heavy atom. The lowest BCUT2D eigenvalue weighted by molar-refractivity contribution is 0.329. The number of benzene rings is 1. The predicted octanol–water partition coefficient (Wildman–Crippen LogP) is 6.87. The first-order chi connectivity index (χ1) is 11.9. The summed E-state index contributed by atoms with van der Waals surface area (Å²) in [5, 5.41) is 3.40. The van der Waals surface area contributed by atoms with Crippen LogP contribution in [0.1, 0.15) is 77.0 Å². The van der Waals surface area contributed by atoms with Gasteiger partial charge in [-0.05, 0) is 81.1 Å². The highest BCUT2D eigenvalue weighted by Gasteiger charge is 2.50. The Balaban J connectivity index is 0.000000225. The van der Waals surface area contributed by atoms with Crippen LogP contribution in [0.3, 0.4) is 0 Å². The van der Waals surface area contributed by atoms with E-state index in [0.717, 1.165) is 16.9 Å². The van der Waals surface area contributed by atoms with Crippen LogP contribution in [0.25, 0.3) is 11.6 Å². The molecule has 1 unspecified atom stereocenters. The van der Waals surface area contributed by atoms with Gasteiger partial charge in [0.1, 0.15) is 0 Å². The summed E-state index contributed by atoms with van der Waals surface area (Å²) in [5.74, 6) is 1.04. The first-order valence-electron chi connectivity index (χ1n) is 10.0. The lowest BCUT2D eigenvalue weighted by atomic mass is 9.92. The number of piperidine rings is 1. The van der Waals surface area contributed by atoms with Crippen LogP contribution >= 0.6 is 0 Å². The average Bonchev–Trinajstić information content (AvgIpc) is 3.19. The monoisotopic (exact) mass is 341 g/mol. The van der Waals surface area contributed by atoms with Crippen LogP contribution in [0.4, 0.5) is 0 Å². The third-order valence-electron chi connectivity index (χ3n) is 5.31. The summed E-state index contributed by atoms with van der Waals surface area (Å²) in [5.41, 5.74) is 5.79. The Morgan fingerprint density at radius 3 is 2.24 bits per heavy atom. The van der Waals surface area contributed by atoms with Crippen molar-refractivity contribution < 1.29 is 0 Å². The van der Waals surface area contributed by atoms with Crippen LogP contribution in [0.15, 0.2) is 30.9 Å². The normalized spacial score (nSPS) is 20.3. The van der Waals surface area contributed by atoms with Crippen molar-refractivity contribution in [3.05, 3.63) is 47.5 Å². The second-order valence-corrected chi connectivity index (χ2v) is 7.74. The van der Waals surface area contributed by atoms with E-state index in [-0.39, 0.29) is 0 Å². The van der Waals surface area contributed by atoms with Crippen LogP contribution in [0.2, 0.25) is 0 Å². The van der Waals surface area contributed by atoms with E-state index in [1.165, 1.54) is 55.5 Å². The lowest BCUT2D eigenvalue weighted by Gasteiger charge is -2.22. The molecule has 0 aromatic heterocycles. The van der Waals surface area contributed by atoms with E-state index in [0.29, 0.717) is 0 Å². The van der Waals surface area contributed by atoms with Gasteiger partial charge in [0.05, 0.1) is 0 Å². The van der Waals surface area contributed by atoms with Crippen molar-refractivity contribution in [1.29, 1.82) is 0 Å². The van der Waals surface area contributed by atoms with Crippen molar-refractivity contribution in [3.8, 4) is 0 Å².